The molecule has 0 saturated heterocycles. The summed E-state index contributed by atoms with van der Waals surface area (Å²) in [6.07, 6.45) is 0. The van der Waals surface area contributed by atoms with Crippen molar-refractivity contribution in [2.24, 2.45) is 0 Å². The fraction of sp³-hybridized carbons (Fsp3) is 0.304. The summed E-state index contributed by atoms with van der Waals surface area (Å²) in [6.45, 7) is 10.2. The van der Waals surface area contributed by atoms with Crippen LogP contribution in [0.4, 0.5) is 23.1 Å². The van der Waals surface area contributed by atoms with Gasteiger partial charge in [0.15, 0.2) is 0 Å². The lowest BCUT2D eigenvalue weighted by Gasteiger charge is -2.20. The highest BCUT2D eigenvalue weighted by molar-refractivity contribution is 7.92. The second kappa shape index (κ2) is 10.3. The molecule has 170 valence electrons. The molecule has 3 rings (SSSR count). The molecule has 0 unspecified atom stereocenters. The third kappa shape index (κ3) is 5.88. The molecule has 0 amide bonds. The van der Waals surface area contributed by atoms with E-state index >= 15 is 0 Å². The Morgan fingerprint density at radius 2 is 1.53 bits per heavy atom. The van der Waals surface area contributed by atoms with E-state index in [1.54, 1.807) is 36.4 Å². The molecule has 3 aromatic rings. The van der Waals surface area contributed by atoms with Crippen LogP contribution in [0.3, 0.4) is 0 Å². The van der Waals surface area contributed by atoms with Crippen molar-refractivity contribution >= 4 is 33.2 Å². The quantitative estimate of drug-likeness (QED) is 0.462. The number of aryl methyl sites for hydroxylation is 1. The third-order valence-corrected chi connectivity index (χ3v) is 6.16. The van der Waals surface area contributed by atoms with Gasteiger partial charge in [0.1, 0.15) is 11.6 Å². The predicted octanol–water partition coefficient (Wildman–Crippen LogP) is 4.57. The molecule has 32 heavy (non-hydrogen) atoms. The van der Waals surface area contributed by atoms with Crippen LogP contribution in [0, 0.1) is 6.92 Å². The number of nitrogens with one attached hydrogen (secondary N) is 2. The molecule has 0 spiro atoms. The average Bonchev–Trinajstić information content (AvgIpc) is 2.76. The summed E-state index contributed by atoms with van der Waals surface area (Å²) in [5, 5.41) is 3.19. The van der Waals surface area contributed by atoms with Crippen molar-refractivity contribution in [3.63, 3.8) is 0 Å². The highest BCUT2D eigenvalue weighted by atomic mass is 32.2. The Labute approximate surface area is 189 Å². The average molecular weight is 456 g/mol. The van der Waals surface area contributed by atoms with Crippen molar-refractivity contribution in [3.05, 3.63) is 60.3 Å². The number of nitrogens with zero attached hydrogens (tertiary/aromatic N) is 3. The fourth-order valence-electron chi connectivity index (χ4n) is 3.16. The predicted molar refractivity (Wildman–Crippen MR) is 128 cm³/mol. The maximum absolute atomic E-state index is 12.7. The molecule has 1 heterocycles. The van der Waals surface area contributed by atoms with Crippen molar-refractivity contribution in [2.45, 2.75) is 32.6 Å². The van der Waals surface area contributed by atoms with Crippen LogP contribution in [0.1, 0.15) is 26.5 Å². The number of sulfonamides is 1. The number of anilines is 4. The zero-order valence-electron chi connectivity index (χ0n) is 18.8. The van der Waals surface area contributed by atoms with E-state index in [1.165, 1.54) is 12.1 Å². The van der Waals surface area contributed by atoms with Gasteiger partial charge in [-0.2, -0.15) is 4.98 Å². The van der Waals surface area contributed by atoms with E-state index in [0.29, 0.717) is 24.0 Å². The van der Waals surface area contributed by atoms with Crippen molar-refractivity contribution in [2.75, 3.05) is 34.6 Å². The lowest BCUT2D eigenvalue weighted by molar-refractivity contribution is 0.340. The Morgan fingerprint density at radius 1 is 0.906 bits per heavy atom. The van der Waals surface area contributed by atoms with Gasteiger partial charge in [0.2, 0.25) is 5.95 Å². The molecular formula is C23H29N5O3S. The Kier molecular flexibility index (Phi) is 7.53. The van der Waals surface area contributed by atoms with Gasteiger partial charge in [-0.05, 0) is 76.2 Å². The molecule has 0 saturated carbocycles. The van der Waals surface area contributed by atoms with Gasteiger partial charge in [-0.15, -0.1) is 0 Å². The zero-order valence-corrected chi connectivity index (χ0v) is 19.6. The normalized spacial score (nSPS) is 11.1. The van der Waals surface area contributed by atoms with Gasteiger partial charge in [-0.1, -0.05) is 0 Å². The molecule has 0 atom stereocenters. The molecule has 0 aliphatic carbocycles. The number of hydrogen-bond acceptors (Lipinski definition) is 7. The Balaban J connectivity index is 1.71. The summed E-state index contributed by atoms with van der Waals surface area (Å²) in [7, 11) is -3.70. The number of hydrogen-bond donors (Lipinski definition) is 2. The highest BCUT2D eigenvalue weighted by Gasteiger charge is 2.14. The van der Waals surface area contributed by atoms with Gasteiger partial charge < -0.3 is 15.0 Å². The van der Waals surface area contributed by atoms with Crippen molar-refractivity contribution in [1.82, 2.24) is 9.97 Å². The van der Waals surface area contributed by atoms with Gasteiger partial charge in [-0.25, -0.2) is 13.4 Å². The first kappa shape index (κ1) is 23.3. The molecule has 0 radical (unpaired) electrons. The lowest BCUT2D eigenvalue weighted by Crippen LogP contribution is -2.23. The Hall–Kier alpha value is -3.33. The van der Waals surface area contributed by atoms with Crippen LogP contribution < -0.4 is 19.7 Å². The van der Waals surface area contributed by atoms with E-state index in [1.807, 2.05) is 19.9 Å². The molecule has 2 N–H and O–H groups in total. The van der Waals surface area contributed by atoms with Crippen LogP contribution in [-0.2, 0) is 10.0 Å². The van der Waals surface area contributed by atoms with Gasteiger partial charge >= 0.3 is 0 Å². The zero-order chi connectivity index (χ0) is 23.1. The minimum atomic E-state index is -3.70. The van der Waals surface area contributed by atoms with E-state index in [2.05, 4.69) is 38.8 Å². The van der Waals surface area contributed by atoms with E-state index in [4.69, 9.17) is 4.74 Å². The number of rotatable bonds is 10. The highest BCUT2D eigenvalue weighted by Crippen LogP contribution is 2.23. The SMILES string of the molecule is CCOc1ccc(S(=O)(=O)Nc2ccc(Nc3nc(C)cc(N(CC)CC)n3)cc2)cc1. The monoisotopic (exact) mass is 455 g/mol. The van der Waals surface area contributed by atoms with E-state index in [9.17, 15) is 8.42 Å². The molecule has 2 aromatic carbocycles. The summed E-state index contributed by atoms with van der Waals surface area (Å²) in [5.41, 5.74) is 2.08. The van der Waals surface area contributed by atoms with Gasteiger partial charge in [0, 0.05) is 36.2 Å². The topological polar surface area (TPSA) is 96.5 Å². The van der Waals surface area contributed by atoms with Crippen LogP contribution in [0.25, 0.3) is 0 Å². The van der Waals surface area contributed by atoms with E-state index in [-0.39, 0.29) is 4.90 Å². The summed E-state index contributed by atoms with van der Waals surface area (Å²) in [4.78, 5) is 11.4. The minimum Gasteiger partial charge on any atom is -0.494 e. The second-order valence-electron chi connectivity index (χ2n) is 7.08. The van der Waals surface area contributed by atoms with Gasteiger partial charge in [0.25, 0.3) is 10.0 Å². The molecule has 1 aromatic heterocycles. The molecule has 8 nitrogen and oxygen atoms in total. The van der Waals surface area contributed by atoms with E-state index < -0.39 is 10.0 Å². The molecule has 0 aliphatic rings. The Bertz CT molecular complexity index is 1130. The van der Waals surface area contributed by atoms with Crippen molar-refractivity contribution < 1.29 is 13.2 Å². The number of aromatic nitrogens is 2. The molecule has 9 heteroatoms. The van der Waals surface area contributed by atoms with E-state index in [0.717, 1.165) is 30.3 Å². The van der Waals surface area contributed by atoms with Crippen LogP contribution in [0.15, 0.2) is 59.5 Å². The summed E-state index contributed by atoms with van der Waals surface area (Å²) < 4.78 is 33.3. The number of benzene rings is 2. The maximum Gasteiger partial charge on any atom is 0.261 e. The first-order valence-corrected chi connectivity index (χ1v) is 12.1. The van der Waals surface area contributed by atoms with Gasteiger partial charge in [-0.3, -0.25) is 4.72 Å². The first-order chi connectivity index (χ1) is 15.3. The number of ether oxygens (including phenoxy) is 1. The molecule has 0 fully saturated rings. The fourth-order valence-corrected chi connectivity index (χ4v) is 4.22. The minimum absolute atomic E-state index is 0.167. The maximum atomic E-state index is 12.7. The summed E-state index contributed by atoms with van der Waals surface area (Å²) in [5.74, 6) is 1.99. The summed E-state index contributed by atoms with van der Waals surface area (Å²) in [6, 6.07) is 15.2. The van der Waals surface area contributed by atoms with Crippen LogP contribution >= 0.6 is 0 Å². The Morgan fingerprint density at radius 3 is 2.12 bits per heavy atom. The van der Waals surface area contributed by atoms with Crippen LogP contribution in [0.5, 0.6) is 5.75 Å². The third-order valence-electron chi connectivity index (χ3n) is 4.77. The molecule has 0 bridgehead atoms. The molecule has 0 aliphatic heterocycles. The summed E-state index contributed by atoms with van der Waals surface area (Å²) >= 11 is 0. The molecular weight excluding hydrogens is 426 g/mol. The van der Waals surface area contributed by atoms with Crippen molar-refractivity contribution in [1.29, 1.82) is 0 Å². The largest absolute Gasteiger partial charge is 0.494 e. The lowest BCUT2D eigenvalue weighted by atomic mass is 10.3. The second-order valence-corrected chi connectivity index (χ2v) is 8.76. The van der Waals surface area contributed by atoms with Crippen molar-refractivity contribution in [3.8, 4) is 5.75 Å². The van der Waals surface area contributed by atoms with Gasteiger partial charge in [0.05, 0.1) is 11.5 Å². The smallest absolute Gasteiger partial charge is 0.261 e. The first-order valence-electron chi connectivity index (χ1n) is 10.6. The van der Waals surface area contributed by atoms with Crippen LogP contribution in [0.2, 0.25) is 0 Å². The standard InChI is InChI=1S/C23H29N5O3S/c1-5-28(6-2)22-16-17(4)24-23(26-22)25-18-8-10-19(11-9-18)27-32(29,30)21-14-12-20(13-15-21)31-7-3/h8-16,27H,5-7H2,1-4H3,(H,24,25,26). The van der Waals surface area contributed by atoms with Crippen LogP contribution in [-0.4, -0.2) is 38.1 Å².